The summed E-state index contributed by atoms with van der Waals surface area (Å²) < 4.78 is 0. The molecule has 2 aromatic heterocycles. The van der Waals surface area contributed by atoms with Crippen LogP contribution in [0.2, 0.25) is 0 Å². The average Bonchev–Trinajstić information content (AvgIpc) is 2.74. The molecule has 10 heteroatoms. The number of pyridine rings is 2. The Morgan fingerprint density at radius 3 is 1.57 bits per heavy atom. The van der Waals surface area contributed by atoms with Crippen LogP contribution < -0.4 is 21.5 Å². The molecule has 0 amide bonds. The highest BCUT2D eigenvalue weighted by Gasteiger charge is 2.00. The van der Waals surface area contributed by atoms with Crippen LogP contribution >= 0.6 is 24.4 Å². The Hall–Kier alpha value is -2.98. The largest absolute Gasteiger partial charge is 0.360 e. The maximum absolute atomic E-state index is 5.19. The molecule has 2 rings (SSSR count). The van der Waals surface area contributed by atoms with Crippen molar-refractivity contribution in [2.24, 2.45) is 10.2 Å². The highest BCUT2D eigenvalue weighted by molar-refractivity contribution is 7.80. The van der Waals surface area contributed by atoms with Gasteiger partial charge in [-0.05, 0) is 62.5 Å². The van der Waals surface area contributed by atoms with Crippen LogP contribution in [0.25, 0.3) is 0 Å². The van der Waals surface area contributed by atoms with Gasteiger partial charge in [0.15, 0.2) is 10.2 Å². The Kier molecular flexibility index (Phi) is 8.89. The number of nitrogens with one attached hydrogen (secondary N) is 4. The molecule has 4 N–H and O–H groups in total. The zero-order valence-corrected chi connectivity index (χ0v) is 17.3. The van der Waals surface area contributed by atoms with Crippen LogP contribution in [0.1, 0.15) is 25.2 Å². The number of thiocarbonyl (C=S) groups is 2. The Morgan fingerprint density at radius 2 is 1.21 bits per heavy atom. The molecule has 0 unspecified atom stereocenters. The van der Waals surface area contributed by atoms with Gasteiger partial charge >= 0.3 is 0 Å². The molecule has 0 aliphatic rings. The van der Waals surface area contributed by atoms with Crippen molar-refractivity contribution in [3.8, 4) is 0 Å². The van der Waals surface area contributed by atoms with E-state index in [1.807, 2.05) is 50.2 Å². The second-order valence-corrected chi connectivity index (χ2v) is 6.38. The Labute approximate surface area is 174 Å². The minimum absolute atomic E-state index is 0.417. The molecule has 0 saturated carbocycles. The summed E-state index contributed by atoms with van der Waals surface area (Å²) in [5.74, 6) is 0. The predicted octanol–water partition coefficient (Wildman–Crippen LogP) is 1.55. The van der Waals surface area contributed by atoms with Crippen LogP contribution in [0.15, 0.2) is 59.0 Å². The molecule has 0 atom stereocenters. The summed E-state index contributed by atoms with van der Waals surface area (Å²) in [6.45, 7) is 4.84. The molecule has 0 fully saturated rings. The first-order chi connectivity index (χ1) is 13.6. The first-order valence-electron chi connectivity index (χ1n) is 8.55. The van der Waals surface area contributed by atoms with Crippen molar-refractivity contribution < 1.29 is 0 Å². The number of hydrazone groups is 2. The smallest absolute Gasteiger partial charge is 0.187 e. The maximum Gasteiger partial charge on any atom is 0.187 e. The average molecular weight is 415 g/mol. The third kappa shape index (κ3) is 7.72. The molecule has 2 heterocycles. The predicted molar refractivity (Wildman–Crippen MR) is 120 cm³/mol. The number of nitrogens with zero attached hydrogens (tertiary/aromatic N) is 4. The zero-order chi connectivity index (χ0) is 20.2. The molecule has 2 aromatic rings. The highest BCUT2D eigenvalue weighted by Crippen LogP contribution is 1.95. The van der Waals surface area contributed by atoms with Gasteiger partial charge in [0, 0.05) is 25.5 Å². The lowest BCUT2D eigenvalue weighted by molar-refractivity contribution is 0.782. The Bertz CT molecular complexity index is 766. The highest BCUT2D eigenvalue weighted by atomic mass is 32.1. The summed E-state index contributed by atoms with van der Waals surface area (Å²) in [5.41, 5.74) is 8.65. The van der Waals surface area contributed by atoms with E-state index < -0.39 is 0 Å². The minimum Gasteiger partial charge on any atom is -0.360 e. The number of hydrogen-bond acceptors (Lipinski definition) is 6. The van der Waals surface area contributed by atoms with E-state index in [9.17, 15) is 0 Å². The van der Waals surface area contributed by atoms with Crippen LogP contribution in [-0.2, 0) is 0 Å². The fourth-order valence-electron chi connectivity index (χ4n) is 1.97. The van der Waals surface area contributed by atoms with E-state index in [0.717, 1.165) is 22.8 Å². The van der Waals surface area contributed by atoms with Crippen molar-refractivity contribution in [2.45, 2.75) is 13.8 Å². The quantitative estimate of drug-likeness (QED) is 0.234. The van der Waals surface area contributed by atoms with Gasteiger partial charge in [0.1, 0.15) is 0 Å². The lowest BCUT2D eigenvalue weighted by atomic mass is 10.3. The molecule has 0 saturated heterocycles. The molecule has 0 aromatic carbocycles. The summed E-state index contributed by atoms with van der Waals surface area (Å²) in [6.07, 6.45) is 3.44. The van der Waals surface area contributed by atoms with Crippen molar-refractivity contribution >= 4 is 46.1 Å². The monoisotopic (exact) mass is 414 g/mol. The van der Waals surface area contributed by atoms with Gasteiger partial charge in [-0.15, -0.1) is 0 Å². The van der Waals surface area contributed by atoms with Gasteiger partial charge in [0.05, 0.1) is 22.8 Å². The molecule has 28 heavy (non-hydrogen) atoms. The third-order valence-corrected chi connectivity index (χ3v) is 3.89. The normalized spacial score (nSPS) is 11.5. The van der Waals surface area contributed by atoms with E-state index in [-0.39, 0.29) is 0 Å². The molecular formula is C18H22N8S2. The van der Waals surface area contributed by atoms with Gasteiger partial charge in [-0.2, -0.15) is 10.2 Å². The Balaban J connectivity index is 1.64. The van der Waals surface area contributed by atoms with Crippen molar-refractivity contribution in [2.75, 3.05) is 13.1 Å². The SMILES string of the molecule is C/C(=N/NC(=S)NCCNC(=S)N/N=C(\C)c1ccccn1)c1ccccn1. The molecule has 8 nitrogen and oxygen atoms in total. The van der Waals surface area contributed by atoms with Crippen molar-refractivity contribution in [1.29, 1.82) is 0 Å². The van der Waals surface area contributed by atoms with Gasteiger partial charge in [0.2, 0.25) is 0 Å². The van der Waals surface area contributed by atoms with Crippen LogP contribution in [0.4, 0.5) is 0 Å². The standard InChI is InChI=1S/C18H22N8S2/c1-13(15-7-3-5-9-19-15)23-25-17(27)21-11-12-22-18(28)26-24-14(2)16-8-4-6-10-20-16/h3-10H,11-12H2,1-2H3,(H2,21,25,27)(H2,22,26,28)/b23-13-,24-14+. The number of rotatable bonds is 7. The molecule has 0 spiro atoms. The van der Waals surface area contributed by atoms with Crippen molar-refractivity contribution in [3.63, 3.8) is 0 Å². The summed E-state index contributed by atoms with van der Waals surface area (Å²) in [4.78, 5) is 8.44. The van der Waals surface area contributed by atoms with Gasteiger partial charge < -0.3 is 10.6 Å². The molecule has 0 bridgehead atoms. The second-order valence-electron chi connectivity index (χ2n) is 5.56. The molecule has 0 aliphatic carbocycles. The molecular weight excluding hydrogens is 392 g/mol. The van der Waals surface area contributed by atoms with Gasteiger partial charge in [-0.1, -0.05) is 12.1 Å². The van der Waals surface area contributed by atoms with E-state index in [0.29, 0.717) is 23.3 Å². The van der Waals surface area contributed by atoms with E-state index in [4.69, 9.17) is 24.4 Å². The van der Waals surface area contributed by atoms with Crippen LogP contribution in [0.5, 0.6) is 0 Å². The van der Waals surface area contributed by atoms with Crippen molar-refractivity contribution in [1.82, 2.24) is 31.5 Å². The van der Waals surface area contributed by atoms with Crippen LogP contribution in [0.3, 0.4) is 0 Å². The van der Waals surface area contributed by atoms with Crippen LogP contribution in [-0.4, -0.2) is 44.7 Å². The van der Waals surface area contributed by atoms with Gasteiger partial charge in [-0.3, -0.25) is 20.8 Å². The second kappa shape index (κ2) is 11.7. The summed E-state index contributed by atoms with van der Waals surface area (Å²) in [6, 6.07) is 11.3. The summed E-state index contributed by atoms with van der Waals surface area (Å²) in [7, 11) is 0. The Morgan fingerprint density at radius 1 is 0.786 bits per heavy atom. The number of aromatic nitrogens is 2. The summed E-state index contributed by atoms with van der Waals surface area (Å²) in [5, 5.41) is 15.3. The van der Waals surface area contributed by atoms with Crippen molar-refractivity contribution in [3.05, 3.63) is 60.2 Å². The molecule has 0 aliphatic heterocycles. The lowest BCUT2D eigenvalue weighted by Crippen LogP contribution is -2.41. The summed E-state index contributed by atoms with van der Waals surface area (Å²) >= 11 is 10.4. The topological polar surface area (TPSA) is 98.6 Å². The number of hydrogen-bond donors (Lipinski definition) is 4. The van der Waals surface area contributed by atoms with Gasteiger partial charge in [0.25, 0.3) is 0 Å². The first kappa shape index (κ1) is 21.3. The maximum atomic E-state index is 5.19. The van der Waals surface area contributed by atoms with E-state index in [1.54, 1.807) is 12.4 Å². The van der Waals surface area contributed by atoms with E-state index in [1.165, 1.54) is 0 Å². The lowest BCUT2D eigenvalue weighted by Gasteiger charge is -2.10. The van der Waals surface area contributed by atoms with E-state index in [2.05, 4.69) is 41.7 Å². The van der Waals surface area contributed by atoms with E-state index >= 15 is 0 Å². The fourth-order valence-corrected chi connectivity index (χ4v) is 2.26. The third-order valence-electron chi connectivity index (χ3n) is 3.42. The minimum atomic E-state index is 0.417. The van der Waals surface area contributed by atoms with Crippen LogP contribution in [0, 0.1) is 0 Å². The fraction of sp³-hybridized carbons (Fsp3) is 0.222. The zero-order valence-electron chi connectivity index (χ0n) is 15.6. The molecule has 146 valence electrons. The molecule has 0 radical (unpaired) electrons. The first-order valence-corrected chi connectivity index (χ1v) is 9.37. The van der Waals surface area contributed by atoms with Gasteiger partial charge in [-0.25, -0.2) is 0 Å².